The molecule has 1 heterocycles. The van der Waals surface area contributed by atoms with Gasteiger partial charge < -0.3 is 10.1 Å². The minimum atomic E-state index is -3.69. The number of carbonyl (C=O) groups is 2. The van der Waals surface area contributed by atoms with Crippen LogP contribution in [-0.2, 0) is 19.4 Å². The zero-order chi connectivity index (χ0) is 21.8. The first kappa shape index (κ1) is 23.1. The number of rotatable bonds is 8. The first-order valence-electron chi connectivity index (χ1n) is 8.82. The fraction of sp³-hybridized carbons (Fsp3) is 0.300. The van der Waals surface area contributed by atoms with E-state index < -0.39 is 27.0 Å². The quantitative estimate of drug-likeness (QED) is 0.468. The lowest BCUT2D eigenvalue weighted by molar-refractivity contribution is -0.115. The Labute approximate surface area is 179 Å². The van der Waals surface area contributed by atoms with E-state index >= 15 is 0 Å². The van der Waals surface area contributed by atoms with Crippen LogP contribution in [0.1, 0.15) is 29.1 Å². The van der Waals surface area contributed by atoms with E-state index in [1.807, 2.05) is 6.92 Å². The van der Waals surface area contributed by atoms with E-state index in [2.05, 4.69) is 11.9 Å². The van der Waals surface area contributed by atoms with E-state index in [4.69, 9.17) is 16.3 Å². The molecule has 0 saturated heterocycles. The fourth-order valence-electron chi connectivity index (χ4n) is 2.68. The molecule has 1 N–H and O–H groups in total. The van der Waals surface area contributed by atoms with Crippen LogP contribution in [0.3, 0.4) is 0 Å². The molecule has 0 aliphatic heterocycles. The van der Waals surface area contributed by atoms with Gasteiger partial charge in [0.15, 0.2) is 9.84 Å². The second kappa shape index (κ2) is 9.56. The van der Waals surface area contributed by atoms with Gasteiger partial charge >= 0.3 is 5.97 Å². The Bertz CT molecular complexity index is 1030. The smallest absolute Gasteiger partial charge is 0.341 e. The highest BCUT2D eigenvalue weighted by molar-refractivity contribution is 7.92. The molecule has 0 radical (unpaired) electrons. The fourth-order valence-corrected chi connectivity index (χ4v) is 4.88. The second-order valence-corrected chi connectivity index (χ2v) is 10.2. The van der Waals surface area contributed by atoms with Gasteiger partial charge in [-0.2, -0.15) is 0 Å². The maximum absolute atomic E-state index is 12.7. The molecule has 9 heteroatoms. The summed E-state index contributed by atoms with van der Waals surface area (Å²) in [4.78, 5) is 26.0. The Morgan fingerprint density at radius 2 is 1.93 bits per heavy atom. The SMILES string of the molecule is C=CCS(=O)(=O)C(C)C(=O)Nc1sc(C)c(-c2ccc(Cl)cc2)c1C(=O)OCC. The molecular formula is C20H22ClNO5S2. The van der Waals surface area contributed by atoms with E-state index in [1.54, 1.807) is 31.2 Å². The van der Waals surface area contributed by atoms with Gasteiger partial charge in [-0.25, -0.2) is 13.2 Å². The van der Waals surface area contributed by atoms with Crippen molar-refractivity contribution < 1.29 is 22.7 Å². The Balaban J connectivity index is 2.51. The first-order chi connectivity index (χ1) is 13.6. The number of amides is 1. The van der Waals surface area contributed by atoms with Crippen LogP contribution in [0, 0.1) is 6.92 Å². The molecule has 1 aromatic heterocycles. The summed E-state index contributed by atoms with van der Waals surface area (Å²) in [6.45, 7) is 8.36. The third-order valence-corrected chi connectivity index (χ3v) is 7.46. The molecule has 6 nitrogen and oxygen atoms in total. The number of anilines is 1. The monoisotopic (exact) mass is 455 g/mol. The zero-order valence-electron chi connectivity index (χ0n) is 16.3. The molecular weight excluding hydrogens is 434 g/mol. The van der Waals surface area contributed by atoms with Gasteiger partial charge in [0.2, 0.25) is 5.91 Å². The standard InChI is InChI=1S/C20H22ClNO5S2/c1-5-11-29(25,26)13(4)18(23)22-19-17(20(24)27-6-2)16(12(3)28-19)14-7-9-15(21)10-8-14/h5,7-10,13H,1,6,11H2,2-4H3,(H,22,23). The number of carbonyl (C=O) groups excluding carboxylic acids is 2. The van der Waals surface area contributed by atoms with Gasteiger partial charge in [-0.05, 0) is 38.5 Å². The van der Waals surface area contributed by atoms with Gasteiger partial charge in [-0.1, -0.05) is 29.8 Å². The Morgan fingerprint density at radius 3 is 2.48 bits per heavy atom. The summed E-state index contributed by atoms with van der Waals surface area (Å²) in [5, 5.41) is 2.10. The minimum absolute atomic E-state index is 0.158. The van der Waals surface area contributed by atoms with Gasteiger partial charge in [0.25, 0.3) is 0 Å². The van der Waals surface area contributed by atoms with Crippen molar-refractivity contribution in [3.05, 3.63) is 52.4 Å². The maximum Gasteiger partial charge on any atom is 0.341 e. The average molecular weight is 456 g/mol. The van der Waals surface area contributed by atoms with Crippen LogP contribution in [0.4, 0.5) is 5.00 Å². The third kappa shape index (κ3) is 5.26. The van der Waals surface area contributed by atoms with Gasteiger partial charge in [0.05, 0.1) is 12.4 Å². The topological polar surface area (TPSA) is 89.5 Å². The minimum Gasteiger partial charge on any atom is -0.462 e. The third-order valence-electron chi connectivity index (χ3n) is 4.19. The lowest BCUT2D eigenvalue weighted by Crippen LogP contribution is -2.33. The highest BCUT2D eigenvalue weighted by atomic mass is 35.5. The summed E-state index contributed by atoms with van der Waals surface area (Å²) in [6, 6.07) is 6.93. The molecule has 2 rings (SSSR count). The van der Waals surface area contributed by atoms with Crippen LogP contribution >= 0.6 is 22.9 Å². The number of aryl methyl sites for hydroxylation is 1. The van der Waals surface area contributed by atoms with Crippen molar-refractivity contribution in [1.82, 2.24) is 0 Å². The number of hydrogen-bond acceptors (Lipinski definition) is 6. The van der Waals surface area contributed by atoms with Gasteiger partial charge in [0, 0.05) is 15.5 Å². The van der Waals surface area contributed by atoms with E-state index in [1.165, 1.54) is 24.3 Å². The summed E-state index contributed by atoms with van der Waals surface area (Å²) < 4.78 is 29.5. The summed E-state index contributed by atoms with van der Waals surface area (Å²) in [5.74, 6) is -1.63. The van der Waals surface area contributed by atoms with Crippen molar-refractivity contribution in [3.8, 4) is 11.1 Å². The lowest BCUT2D eigenvalue weighted by atomic mass is 10.0. The number of esters is 1. The molecule has 1 atom stereocenters. The highest BCUT2D eigenvalue weighted by Gasteiger charge is 2.30. The summed E-state index contributed by atoms with van der Waals surface area (Å²) >= 11 is 7.14. The lowest BCUT2D eigenvalue weighted by Gasteiger charge is -2.13. The van der Waals surface area contributed by atoms with Crippen molar-refractivity contribution in [2.75, 3.05) is 17.7 Å². The molecule has 0 spiro atoms. The number of hydrogen-bond donors (Lipinski definition) is 1. The Morgan fingerprint density at radius 1 is 1.31 bits per heavy atom. The summed E-state index contributed by atoms with van der Waals surface area (Å²) in [7, 11) is -3.69. The van der Waals surface area contributed by atoms with Gasteiger partial charge in [-0.15, -0.1) is 17.9 Å². The van der Waals surface area contributed by atoms with Gasteiger partial charge in [-0.3, -0.25) is 4.79 Å². The normalized spacial score (nSPS) is 12.3. The number of ether oxygens (including phenoxy) is 1. The molecule has 0 aliphatic carbocycles. The Kier molecular flexibility index (Phi) is 7.62. The predicted octanol–water partition coefficient (Wildman–Crippen LogP) is 4.48. The van der Waals surface area contributed by atoms with E-state index in [-0.39, 0.29) is 22.9 Å². The molecule has 0 aliphatic rings. The van der Waals surface area contributed by atoms with Crippen LogP contribution in [0.5, 0.6) is 0 Å². The van der Waals surface area contributed by atoms with E-state index in [0.717, 1.165) is 10.4 Å². The number of thiophene rings is 1. The molecule has 0 fully saturated rings. The molecule has 1 unspecified atom stereocenters. The van der Waals surface area contributed by atoms with Gasteiger partial charge in [0.1, 0.15) is 15.8 Å². The van der Waals surface area contributed by atoms with Crippen molar-refractivity contribution in [2.24, 2.45) is 0 Å². The summed E-state index contributed by atoms with van der Waals surface area (Å²) in [5.41, 5.74) is 1.54. The van der Waals surface area contributed by atoms with Crippen molar-refractivity contribution >= 4 is 49.7 Å². The Hall–Kier alpha value is -2.16. The van der Waals surface area contributed by atoms with Crippen LogP contribution in [0.2, 0.25) is 5.02 Å². The van der Waals surface area contributed by atoms with Crippen LogP contribution in [0.15, 0.2) is 36.9 Å². The van der Waals surface area contributed by atoms with E-state index in [0.29, 0.717) is 10.6 Å². The molecule has 29 heavy (non-hydrogen) atoms. The van der Waals surface area contributed by atoms with Crippen molar-refractivity contribution in [2.45, 2.75) is 26.0 Å². The number of benzene rings is 1. The molecule has 2 aromatic rings. The van der Waals surface area contributed by atoms with Crippen molar-refractivity contribution in [1.29, 1.82) is 0 Å². The number of halogens is 1. The highest BCUT2D eigenvalue weighted by Crippen LogP contribution is 2.40. The average Bonchev–Trinajstić information content (AvgIpc) is 2.97. The van der Waals surface area contributed by atoms with Crippen LogP contribution in [-0.4, -0.2) is 37.9 Å². The molecule has 1 amide bonds. The molecule has 1 aromatic carbocycles. The summed E-state index contributed by atoms with van der Waals surface area (Å²) in [6.07, 6.45) is 1.23. The number of sulfone groups is 1. The first-order valence-corrected chi connectivity index (χ1v) is 11.7. The molecule has 0 bridgehead atoms. The predicted molar refractivity (Wildman–Crippen MR) is 118 cm³/mol. The van der Waals surface area contributed by atoms with Crippen LogP contribution < -0.4 is 5.32 Å². The van der Waals surface area contributed by atoms with Crippen LogP contribution in [0.25, 0.3) is 11.1 Å². The molecule has 0 saturated carbocycles. The number of nitrogens with one attached hydrogen (secondary N) is 1. The second-order valence-electron chi connectivity index (χ2n) is 6.21. The maximum atomic E-state index is 12.7. The molecule has 156 valence electrons. The van der Waals surface area contributed by atoms with E-state index in [9.17, 15) is 18.0 Å². The largest absolute Gasteiger partial charge is 0.462 e. The zero-order valence-corrected chi connectivity index (χ0v) is 18.7. The van der Waals surface area contributed by atoms with Crippen molar-refractivity contribution in [3.63, 3.8) is 0 Å².